The molecule has 6 heteroatoms. The Morgan fingerprint density at radius 1 is 1.00 bits per heavy atom. The van der Waals surface area contributed by atoms with Crippen LogP contribution < -0.4 is 20.2 Å². The number of aryl methyl sites for hydroxylation is 1. The molecule has 0 atom stereocenters. The van der Waals surface area contributed by atoms with Gasteiger partial charge in [0.15, 0.2) is 6.61 Å². The largest absolute Gasteiger partial charge is 0.495 e. The number of methoxy groups -OCH3 is 1. The van der Waals surface area contributed by atoms with Crippen molar-refractivity contribution in [3.8, 4) is 22.6 Å². The molecule has 0 unspecified atom stereocenters. The van der Waals surface area contributed by atoms with Gasteiger partial charge >= 0.3 is 0 Å². The van der Waals surface area contributed by atoms with Crippen molar-refractivity contribution in [3.05, 3.63) is 88.8 Å². The van der Waals surface area contributed by atoms with Crippen molar-refractivity contribution >= 4 is 22.6 Å². The Balaban J connectivity index is 1.53. The van der Waals surface area contributed by atoms with Crippen molar-refractivity contribution in [2.75, 3.05) is 19.0 Å². The van der Waals surface area contributed by atoms with E-state index in [1.165, 1.54) is 7.11 Å². The van der Waals surface area contributed by atoms with Crippen LogP contribution in [0.4, 0.5) is 5.69 Å². The van der Waals surface area contributed by atoms with E-state index in [1.807, 2.05) is 36.4 Å². The van der Waals surface area contributed by atoms with E-state index in [-0.39, 0.29) is 17.9 Å². The molecule has 1 aromatic heterocycles. The molecular formula is C25H21NO5. The Hall–Kier alpha value is -4.06. The number of fused-ring (bicyclic) bond motifs is 1. The van der Waals surface area contributed by atoms with E-state index in [1.54, 1.807) is 43.3 Å². The number of carbonyl (C=O) groups excluding carboxylic acids is 1. The predicted octanol–water partition coefficient (Wildman–Crippen LogP) is 4.79. The SMILES string of the molecule is COc1ccccc1NC(=O)COc1ccc2c(=O)c(-c3ccccc3)c(C)oc2c1. The summed E-state index contributed by atoms with van der Waals surface area (Å²) in [5.74, 6) is 1.18. The maximum Gasteiger partial charge on any atom is 0.262 e. The summed E-state index contributed by atoms with van der Waals surface area (Å²) in [6.45, 7) is 1.56. The first-order valence-corrected chi connectivity index (χ1v) is 9.75. The molecule has 4 rings (SSSR count). The monoisotopic (exact) mass is 415 g/mol. The number of para-hydroxylation sites is 2. The van der Waals surface area contributed by atoms with Crippen molar-refractivity contribution in [1.29, 1.82) is 0 Å². The number of ether oxygens (including phenoxy) is 2. The predicted molar refractivity (Wildman–Crippen MR) is 120 cm³/mol. The highest BCUT2D eigenvalue weighted by molar-refractivity contribution is 5.93. The average Bonchev–Trinajstić information content (AvgIpc) is 2.78. The number of hydrogen-bond acceptors (Lipinski definition) is 5. The minimum atomic E-state index is -0.332. The Labute approximate surface area is 179 Å². The molecule has 0 aliphatic heterocycles. The zero-order valence-corrected chi connectivity index (χ0v) is 17.2. The third-order valence-corrected chi connectivity index (χ3v) is 4.85. The molecule has 3 aromatic carbocycles. The fraction of sp³-hybridized carbons (Fsp3) is 0.120. The summed E-state index contributed by atoms with van der Waals surface area (Å²) in [6.07, 6.45) is 0. The molecular weight excluding hydrogens is 394 g/mol. The molecule has 0 aliphatic carbocycles. The third kappa shape index (κ3) is 4.28. The second-order valence-electron chi connectivity index (χ2n) is 6.92. The number of amides is 1. The first-order valence-electron chi connectivity index (χ1n) is 9.75. The Kier molecular flexibility index (Phi) is 5.71. The zero-order chi connectivity index (χ0) is 21.8. The smallest absolute Gasteiger partial charge is 0.262 e. The van der Waals surface area contributed by atoms with Gasteiger partial charge in [-0.2, -0.15) is 0 Å². The summed E-state index contributed by atoms with van der Waals surface area (Å²) in [4.78, 5) is 25.3. The molecule has 0 radical (unpaired) electrons. The second-order valence-corrected chi connectivity index (χ2v) is 6.92. The zero-order valence-electron chi connectivity index (χ0n) is 17.2. The summed E-state index contributed by atoms with van der Waals surface area (Å²) < 4.78 is 16.7. The maximum absolute atomic E-state index is 13.0. The molecule has 0 saturated heterocycles. The van der Waals surface area contributed by atoms with Gasteiger partial charge in [0.1, 0.15) is 22.8 Å². The first-order chi connectivity index (χ1) is 15.1. The topological polar surface area (TPSA) is 77.8 Å². The van der Waals surface area contributed by atoms with Crippen LogP contribution in [-0.2, 0) is 4.79 Å². The Morgan fingerprint density at radius 2 is 1.74 bits per heavy atom. The molecule has 0 aliphatic rings. The normalized spacial score (nSPS) is 10.6. The van der Waals surface area contributed by atoms with Gasteiger partial charge in [-0.25, -0.2) is 0 Å². The summed E-state index contributed by atoms with van der Waals surface area (Å²) in [5, 5.41) is 3.20. The van der Waals surface area contributed by atoms with Gasteiger partial charge in [-0.15, -0.1) is 0 Å². The van der Waals surface area contributed by atoms with Crippen LogP contribution >= 0.6 is 0 Å². The van der Waals surface area contributed by atoms with E-state index >= 15 is 0 Å². The lowest BCUT2D eigenvalue weighted by Crippen LogP contribution is -2.20. The maximum atomic E-state index is 13.0. The number of anilines is 1. The van der Waals surface area contributed by atoms with Crippen LogP contribution in [0.25, 0.3) is 22.1 Å². The molecule has 0 bridgehead atoms. The molecule has 4 aromatic rings. The number of benzene rings is 3. The van der Waals surface area contributed by atoms with Crippen molar-refractivity contribution < 1.29 is 18.7 Å². The second kappa shape index (κ2) is 8.75. The number of carbonyl (C=O) groups is 1. The van der Waals surface area contributed by atoms with Crippen LogP contribution in [0, 0.1) is 6.92 Å². The molecule has 156 valence electrons. The Morgan fingerprint density at radius 3 is 2.52 bits per heavy atom. The van der Waals surface area contributed by atoms with Gasteiger partial charge in [0, 0.05) is 6.07 Å². The van der Waals surface area contributed by atoms with Crippen molar-refractivity contribution in [2.24, 2.45) is 0 Å². The van der Waals surface area contributed by atoms with E-state index < -0.39 is 0 Å². The van der Waals surface area contributed by atoms with Gasteiger partial charge in [-0.05, 0) is 36.8 Å². The van der Waals surface area contributed by atoms with Crippen LogP contribution in [0.3, 0.4) is 0 Å². The first kappa shape index (κ1) is 20.2. The van der Waals surface area contributed by atoms with Crippen LogP contribution in [-0.4, -0.2) is 19.6 Å². The molecule has 1 N–H and O–H groups in total. The fourth-order valence-electron chi connectivity index (χ4n) is 3.40. The fourth-order valence-corrected chi connectivity index (χ4v) is 3.40. The molecule has 0 fully saturated rings. The highest BCUT2D eigenvalue weighted by atomic mass is 16.5. The third-order valence-electron chi connectivity index (χ3n) is 4.85. The Bertz CT molecular complexity index is 1290. The van der Waals surface area contributed by atoms with Gasteiger partial charge in [0.05, 0.1) is 23.7 Å². The highest BCUT2D eigenvalue weighted by Gasteiger charge is 2.14. The minimum Gasteiger partial charge on any atom is -0.495 e. The van der Waals surface area contributed by atoms with E-state index in [9.17, 15) is 9.59 Å². The summed E-state index contributed by atoms with van der Waals surface area (Å²) in [7, 11) is 1.54. The van der Waals surface area contributed by atoms with E-state index in [0.717, 1.165) is 5.56 Å². The van der Waals surface area contributed by atoms with Gasteiger partial charge in [0.25, 0.3) is 5.91 Å². The van der Waals surface area contributed by atoms with E-state index in [4.69, 9.17) is 13.9 Å². The van der Waals surface area contributed by atoms with Crippen LogP contribution in [0.1, 0.15) is 5.76 Å². The summed E-state index contributed by atoms with van der Waals surface area (Å²) in [6, 6.07) is 21.5. The number of nitrogens with one attached hydrogen (secondary N) is 1. The van der Waals surface area contributed by atoms with Crippen molar-refractivity contribution in [3.63, 3.8) is 0 Å². The van der Waals surface area contributed by atoms with Gasteiger partial charge in [-0.1, -0.05) is 42.5 Å². The summed E-state index contributed by atoms with van der Waals surface area (Å²) >= 11 is 0. The number of rotatable bonds is 6. The van der Waals surface area contributed by atoms with E-state index in [0.29, 0.717) is 39.5 Å². The van der Waals surface area contributed by atoms with Crippen LogP contribution in [0.5, 0.6) is 11.5 Å². The highest BCUT2D eigenvalue weighted by Crippen LogP contribution is 2.26. The number of hydrogen-bond donors (Lipinski definition) is 1. The average molecular weight is 415 g/mol. The molecule has 0 spiro atoms. The van der Waals surface area contributed by atoms with Crippen molar-refractivity contribution in [2.45, 2.75) is 6.92 Å². The summed E-state index contributed by atoms with van der Waals surface area (Å²) in [5.41, 5.74) is 2.21. The van der Waals surface area contributed by atoms with Gasteiger partial charge < -0.3 is 19.2 Å². The van der Waals surface area contributed by atoms with Crippen molar-refractivity contribution in [1.82, 2.24) is 0 Å². The van der Waals surface area contributed by atoms with E-state index in [2.05, 4.69) is 5.32 Å². The lowest BCUT2D eigenvalue weighted by molar-refractivity contribution is -0.118. The standard InChI is InChI=1S/C25H21NO5/c1-16-24(17-8-4-3-5-9-17)25(28)19-13-12-18(14-22(19)31-16)30-15-23(27)26-20-10-6-7-11-21(20)29-2/h3-14H,15H2,1-2H3,(H,26,27). The molecule has 1 heterocycles. The van der Waals surface area contributed by atoms with Gasteiger partial charge in [0.2, 0.25) is 5.43 Å². The molecule has 0 saturated carbocycles. The van der Waals surface area contributed by atoms with Crippen LogP contribution in [0.2, 0.25) is 0 Å². The van der Waals surface area contributed by atoms with Crippen LogP contribution in [0.15, 0.2) is 82.0 Å². The quantitative estimate of drug-likeness (QED) is 0.490. The molecule has 31 heavy (non-hydrogen) atoms. The lowest BCUT2D eigenvalue weighted by Gasteiger charge is -2.11. The lowest BCUT2D eigenvalue weighted by atomic mass is 10.0. The molecule has 1 amide bonds. The molecule has 6 nitrogen and oxygen atoms in total. The van der Waals surface area contributed by atoms with Gasteiger partial charge in [-0.3, -0.25) is 9.59 Å². The minimum absolute atomic E-state index is 0.106.